The maximum absolute atomic E-state index is 9.92. The molecule has 3 rings (SSSR count). The molecule has 19 heavy (non-hydrogen) atoms. The minimum Gasteiger partial charge on any atom is -0.508 e. The zero-order valence-corrected chi connectivity index (χ0v) is 12.0. The van der Waals surface area contributed by atoms with Crippen molar-refractivity contribution in [1.29, 1.82) is 0 Å². The van der Waals surface area contributed by atoms with Crippen LogP contribution in [-0.2, 0) is 19.4 Å². The third-order valence-corrected chi connectivity index (χ3v) is 4.60. The van der Waals surface area contributed by atoms with Crippen LogP contribution in [-0.4, -0.2) is 10.1 Å². The molecule has 5 heteroatoms. The molecule has 1 heterocycles. The summed E-state index contributed by atoms with van der Waals surface area (Å²) in [5, 5.41) is 13.3. The number of aromatic hydroxyl groups is 1. The monoisotopic (exact) mass is 294 g/mol. The minimum atomic E-state index is 0.432. The van der Waals surface area contributed by atoms with Crippen molar-refractivity contribution >= 4 is 28.6 Å². The number of phenolic OH excluding ortho intramolecular Hbond substituents is 1. The van der Waals surface area contributed by atoms with E-state index in [4.69, 9.17) is 11.6 Å². The van der Waals surface area contributed by atoms with E-state index in [1.165, 1.54) is 23.3 Å². The molecule has 0 spiro atoms. The van der Waals surface area contributed by atoms with Crippen molar-refractivity contribution in [2.75, 3.05) is 5.32 Å². The molecule has 100 valence electrons. The highest BCUT2D eigenvalue weighted by Gasteiger charge is 2.16. The van der Waals surface area contributed by atoms with Crippen LogP contribution in [0, 0.1) is 0 Å². The van der Waals surface area contributed by atoms with Gasteiger partial charge in [-0.3, -0.25) is 0 Å². The summed E-state index contributed by atoms with van der Waals surface area (Å²) < 4.78 is 0.574. The van der Waals surface area contributed by atoms with Gasteiger partial charge in [0.15, 0.2) is 4.47 Å². The van der Waals surface area contributed by atoms with Crippen molar-refractivity contribution in [1.82, 2.24) is 4.98 Å². The van der Waals surface area contributed by atoms with E-state index in [1.807, 2.05) is 6.07 Å². The predicted octanol–water partition coefficient (Wildman–Crippen LogP) is 3.99. The number of nitrogens with one attached hydrogen (secondary N) is 1. The zero-order chi connectivity index (χ0) is 13.2. The molecule has 3 nitrogen and oxygen atoms in total. The number of hydrogen-bond acceptors (Lipinski definition) is 4. The number of rotatable bonds is 3. The van der Waals surface area contributed by atoms with Gasteiger partial charge in [0.05, 0.1) is 6.54 Å². The second-order valence-corrected chi connectivity index (χ2v) is 6.43. The van der Waals surface area contributed by atoms with Crippen LogP contribution >= 0.6 is 22.9 Å². The van der Waals surface area contributed by atoms with Crippen molar-refractivity contribution in [2.24, 2.45) is 0 Å². The summed E-state index contributed by atoms with van der Waals surface area (Å²) in [6.45, 7) is 0.724. The van der Waals surface area contributed by atoms with Crippen LogP contribution in [0.15, 0.2) is 18.3 Å². The molecule has 0 saturated heterocycles. The normalized spacial score (nSPS) is 14.2. The molecule has 0 radical (unpaired) electrons. The Hall–Kier alpha value is -1.26. The van der Waals surface area contributed by atoms with E-state index in [2.05, 4.69) is 10.3 Å². The maximum atomic E-state index is 9.92. The van der Waals surface area contributed by atoms with E-state index in [0.29, 0.717) is 10.2 Å². The fourth-order valence-electron chi connectivity index (χ4n) is 2.56. The lowest BCUT2D eigenvalue weighted by atomic mass is 9.89. The molecule has 0 bridgehead atoms. The Morgan fingerprint density at radius 2 is 2.05 bits per heavy atom. The molecule has 1 aromatic heterocycles. The molecule has 1 aromatic carbocycles. The lowest BCUT2D eigenvalue weighted by molar-refractivity contribution is 0.462. The van der Waals surface area contributed by atoms with E-state index in [9.17, 15) is 5.11 Å². The van der Waals surface area contributed by atoms with Gasteiger partial charge in [-0.1, -0.05) is 11.6 Å². The molecule has 1 aliphatic carbocycles. The number of phenols is 1. The van der Waals surface area contributed by atoms with Gasteiger partial charge in [-0.05, 0) is 48.9 Å². The third-order valence-electron chi connectivity index (χ3n) is 3.49. The molecule has 2 N–H and O–H groups in total. The van der Waals surface area contributed by atoms with Crippen LogP contribution in [0.1, 0.15) is 28.8 Å². The predicted molar refractivity (Wildman–Crippen MR) is 79.2 cm³/mol. The molecule has 1 aliphatic rings. The number of benzene rings is 1. The topological polar surface area (TPSA) is 45.1 Å². The Balaban J connectivity index is 1.81. The summed E-state index contributed by atoms with van der Waals surface area (Å²) in [7, 11) is 0. The van der Waals surface area contributed by atoms with E-state index in [1.54, 1.807) is 12.3 Å². The summed E-state index contributed by atoms with van der Waals surface area (Å²) in [4.78, 5) is 5.15. The second-order valence-electron chi connectivity index (χ2n) is 4.73. The third kappa shape index (κ3) is 2.69. The van der Waals surface area contributed by atoms with E-state index < -0.39 is 0 Å². The fourth-order valence-corrected chi connectivity index (χ4v) is 3.48. The largest absolute Gasteiger partial charge is 0.508 e. The van der Waals surface area contributed by atoms with Gasteiger partial charge in [0.2, 0.25) is 0 Å². The number of nitrogens with zero attached hydrogens (tertiary/aromatic N) is 1. The van der Waals surface area contributed by atoms with E-state index >= 15 is 0 Å². The van der Waals surface area contributed by atoms with Crippen molar-refractivity contribution in [2.45, 2.75) is 32.2 Å². The van der Waals surface area contributed by atoms with E-state index in [-0.39, 0.29) is 0 Å². The Kier molecular flexibility index (Phi) is 3.62. The summed E-state index contributed by atoms with van der Waals surface area (Å²) in [5.74, 6) is 0.432. The van der Waals surface area contributed by atoms with Gasteiger partial charge in [-0.2, -0.15) is 0 Å². The molecular weight excluding hydrogens is 280 g/mol. The van der Waals surface area contributed by atoms with Gasteiger partial charge in [0, 0.05) is 16.8 Å². The Bertz CT molecular complexity index is 597. The standard InChI is InChI=1S/C14H15ClN2OS/c15-14-17-8-9(19-14)7-16-12-5-6-13(18)11-4-2-1-3-10(11)12/h5-6,8,16,18H,1-4,7H2. The first-order valence-corrected chi connectivity index (χ1v) is 7.61. The summed E-state index contributed by atoms with van der Waals surface area (Å²) in [6.07, 6.45) is 6.16. The molecular formula is C14H15ClN2OS. The Morgan fingerprint density at radius 1 is 1.26 bits per heavy atom. The smallest absolute Gasteiger partial charge is 0.183 e. The van der Waals surface area contributed by atoms with Gasteiger partial charge in [0.1, 0.15) is 5.75 Å². The van der Waals surface area contributed by atoms with Gasteiger partial charge in [-0.25, -0.2) is 4.98 Å². The average Bonchev–Trinajstić information content (AvgIpc) is 2.84. The van der Waals surface area contributed by atoms with Crippen molar-refractivity contribution < 1.29 is 5.11 Å². The zero-order valence-electron chi connectivity index (χ0n) is 10.4. The lowest BCUT2D eigenvalue weighted by Crippen LogP contribution is -2.08. The van der Waals surface area contributed by atoms with Gasteiger partial charge in [0.25, 0.3) is 0 Å². The van der Waals surface area contributed by atoms with Crippen LogP contribution < -0.4 is 5.32 Å². The van der Waals surface area contributed by atoms with Crippen molar-refractivity contribution in [3.05, 3.63) is 38.8 Å². The Morgan fingerprint density at radius 3 is 2.79 bits per heavy atom. The van der Waals surface area contributed by atoms with Crippen molar-refractivity contribution in [3.8, 4) is 5.75 Å². The van der Waals surface area contributed by atoms with Crippen LogP contribution in [0.2, 0.25) is 4.47 Å². The summed E-state index contributed by atoms with van der Waals surface area (Å²) >= 11 is 7.31. The summed E-state index contributed by atoms with van der Waals surface area (Å²) in [5.41, 5.74) is 3.50. The molecule has 0 aliphatic heterocycles. The molecule has 2 aromatic rings. The van der Waals surface area contributed by atoms with E-state index in [0.717, 1.165) is 41.9 Å². The summed E-state index contributed by atoms with van der Waals surface area (Å²) in [6, 6.07) is 3.74. The molecule has 0 saturated carbocycles. The highest BCUT2D eigenvalue weighted by molar-refractivity contribution is 7.15. The first-order chi connectivity index (χ1) is 9.24. The van der Waals surface area contributed by atoms with Crippen LogP contribution in [0.5, 0.6) is 5.75 Å². The van der Waals surface area contributed by atoms with Gasteiger partial charge < -0.3 is 10.4 Å². The number of aromatic nitrogens is 1. The molecule has 0 unspecified atom stereocenters. The number of hydrogen-bond donors (Lipinski definition) is 2. The first-order valence-electron chi connectivity index (χ1n) is 6.42. The molecule has 0 atom stereocenters. The van der Waals surface area contributed by atoms with Crippen LogP contribution in [0.4, 0.5) is 5.69 Å². The number of anilines is 1. The van der Waals surface area contributed by atoms with Gasteiger partial charge >= 0.3 is 0 Å². The average molecular weight is 295 g/mol. The SMILES string of the molecule is Oc1ccc(NCc2cnc(Cl)s2)c2c1CCCC2. The van der Waals surface area contributed by atoms with Gasteiger partial charge in [-0.15, -0.1) is 11.3 Å². The number of thiazole rings is 1. The van der Waals surface area contributed by atoms with Crippen LogP contribution in [0.25, 0.3) is 0 Å². The lowest BCUT2D eigenvalue weighted by Gasteiger charge is -2.21. The number of halogens is 1. The maximum Gasteiger partial charge on any atom is 0.183 e. The number of fused-ring (bicyclic) bond motifs is 1. The highest BCUT2D eigenvalue weighted by atomic mass is 35.5. The van der Waals surface area contributed by atoms with Crippen molar-refractivity contribution in [3.63, 3.8) is 0 Å². The highest BCUT2D eigenvalue weighted by Crippen LogP contribution is 2.34. The second kappa shape index (κ2) is 5.39. The Labute approximate surface area is 121 Å². The quantitative estimate of drug-likeness (QED) is 0.841. The minimum absolute atomic E-state index is 0.432. The van der Waals surface area contributed by atoms with Crippen LogP contribution in [0.3, 0.4) is 0 Å². The first kappa shape index (κ1) is 12.8. The molecule has 0 fully saturated rings. The molecule has 0 amide bonds. The fraction of sp³-hybridized carbons (Fsp3) is 0.357.